The van der Waals surface area contributed by atoms with Crippen LogP contribution in [0.5, 0.6) is 17.2 Å². The standard InChI is InChI=1S/C21H26NO3/c1-22(2)10-9-14-12-17(24-4)21(25-5)20-18(14)15(22)11-13-7-6-8-16(23-3)19(13)20/h6-8,12,15H,9-11H2,1-5H3/q+1. The van der Waals surface area contributed by atoms with Gasteiger partial charge in [0.15, 0.2) is 11.5 Å². The second-order valence-electron chi connectivity index (χ2n) is 7.53. The Morgan fingerprint density at radius 2 is 1.68 bits per heavy atom. The summed E-state index contributed by atoms with van der Waals surface area (Å²) in [5, 5.41) is 0. The maximum Gasteiger partial charge on any atom is 0.169 e. The number of hydrogen-bond acceptors (Lipinski definition) is 3. The fourth-order valence-corrected chi connectivity index (χ4v) is 4.57. The van der Waals surface area contributed by atoms with Crippen LogP contribution in [0, 0.1) is 0 Å². The molecular weight excluding hydrogens is 314 g/mol. The SMILES string of the molecule is COc1cc2c3c(c1OC)-c1c(cccc1OC)CC3[N+](C)(C)CC2. The van der Waals surface area contributed by atoms with Crippen molar-refractivity contribution in [1.29, 1.82) is 0 Å². The lowest BCUT2D eigenvalue weighted by Gasteiger charge is -2.46. The molecule has 1 aliphatic heterocycles. The largest absolute Gasteiger partial charge is 0.496 e. The zero-order chi connectivity index (χ0) is 17.8. The molecule has 2 aromatic carbocycles. The van der Waals surface area contributed by atoms with Gasteiger partial charge in [0.2, 0.25) is 0 Å². The smallest absolute Gasteiger partial charge is 0.169 e. The Labute approximate surface area is 149 Å². The Morgan fingerprint density at radius 3 is 2.36 bits per heavy atom. The van der Waals surface area contributed by atoms with Gasteiger partial charge in [-0.25, -0.2) is 0 Å². The molecule has 0 amide bonds. The molecular formula is C21H26NO3+. The van der Waals surface area contributed by atoms with Gasteiger partial charge in [-0.15, -0.1) is 0 Å². The first-order valence-corrected chi connectivity index (χ1v) is 8.78. The molecule has 4 nitrogen and oxygen atoms in total. The fraction of sp³-hybridized carbons (Fsp3) is 0.429. The molecule has 132 valence electrons. The van der Waals surface area contributed by atoms with E-state index in [1.807, 2.05) is 6.07 Å². The molecule has 0 saturated carbocycles. The number of hydrogen-bond donors (Lipinski definition) is 0. The first-order valence-electron chi connectivity index (χ1n) is 8.78. The minimum atomic E-state index is 0.429. The van der Waals surface area contributed by atoms with Crippen LogP contribution in [0.2, 0.25) is 0 Å². The molecule has 0 bridgehead atoms. The van der Waals surface area contributed by atoms with E-state index < -0.39 is 0 Å². The number of nitrogens with zero attached hydrogens (tertiary/aromatic N) is 1. The molecule has 0 aromatic heterocycles. The number of rotatable bonds is 3. The Hall–Kier alpha value is -2.20. The van der Waals surface area contributed by atoms with Crippen LogP contribution in [0.15, 0.2) is 24.3 Å². The summed E-state index contributed by atoms with van der Waals surface area (Å²) in [6.07, 6.45) is 2.08. The van der Waals surface area contributed by atoms with Gasteiger partial charge in [0.05, 0.1) is 42.0 Å². The molecule has 0 N–H and O–H groups in total. The van der Waals surface area contributed by atoms with Gasteiger partial charge in [0.1, 0.15) is 11.8 Å². The van der Waals surface area contributed by atoms with E-state index in [4.69, 9.17) is 14.2 Å². The fourth-order valence-electron chi connectivity index (χ4n) is 4.57. The van der Waals surface area contributed by atoms with Crippen LogP contribution in [-0.4, -0.2) is 46.5 Å². The van der Waals surface area contributed by atoms with Crippen molar-refractivity contribution in [1.82, 2.24) is 0 Å². The zero-order valence-corrected chi connectivity index (χ0v) is 15.7. The number of benzene rings is 2. The van der Waals surface area contributed by atoms with E-state index in [1.54, 1.807) is 21.3 Å². The maximum atomic E-state index is 5.84. The molecule has 2 aliphatic rings. The molecule has 1 heterocycles. The molecule has 1 atom stereocenters. The zero-order valence-electron chi connectivity index (χ0n) is 15.7. The van der Waals surface area contributed by atoms with Crippen molar-refractivity contribution in [3.63, 3.8) is 0 Å². The Kier molecular flexibility index (Phi) is 3.69. The molecule has 0 saturated heterocycles. The van der Waals surface area contributed by atoms with Crippen LogP contribution in [0.25, 0.3) is 11.1 Å². The van der Waals surface area contributed by atoms with Crippen molar-refractivity contribution in [2.75, 3.05) is 42.0 Å². The van der Waals surface area contributed by atoms with E-state index in [1.165, 1.54) is 16.7 Å². The topological polar surface area (TPSA) is 27.7 Å². The molecule has 25 heavy (non-hydrogen) atoms. The van der Waals surface area contributed by atoms with Crippen LogP contribution in [0.3, 0.4) is 0 Å². The summed E-state index contributed by atoms with van der Waals surface area (Å²) in [5.74, 6) is 2.53. The third kappa shape index (κ3) is 2.24. The highest BCUT2D eigenvalue weighted by atomic mass is 16.5. The van der Waals surface area contributed by atoms with Gasteiger partial charge in [0, 0.05) is 29.5 Å². The van der Waals surface area contributed by atoms with Gasteiger partial charge < -0.3 is 18.7 Å². The predicted molar refractivity (Wildman–Crippen MR) is 98.7 cm³/mol. The third-order valence-electron chi connectivity index (χ3n) is 5.93. The van der Waals surface area contributed by atoms with Gasteiger partial charge in [-0.1, -0.05) is 12.1 Å². The van der Waals surface area contributed by atoms with Crippen molar-refractivity contribution in [3.05, 3.63) is 41.0 Å². The van der Waals surface area contributed by atoms with Crippen LogP contribution < -0.4 is 14.2 Å². The van der Waals surface area contributed by atoms with Gasteiger partial charge in [-0.3, -0.25) is 0 Å². The minimum absolute atomic E-state index is 0.429. The summed E-state index contributed by atoms with van der Waals surface area (Å²) in [6.45, 7) is 1.13. The lowest BCUT2D eigenvalue weighted by atomic mass is 9.75. The summed E-state index contributed by atoms with van der Waals surface area (Å²) in [5.41, 5.74) is 6.43. The van der Waals surface area contributed by atoms with Crippen molar-refractivity contribution < 1.29 is 18.7 Å². The molecule has 1 unspecified atom stereocenters. The summed E-state index contributed by atoms with van der Waals surface area (Å²) >= 11 is 0. The van der Waals surface area contributed by atoms with E-state index in [9.17, 15) is 0 Å². The van der Waals surface area contributed by atoms with Crippen LogP contribution in [0.4, 0.5) is 0 Å². The molecule has 0 radical (unpaired) electrons. The number of ether oxygens (including phenoxy) is 3. The molecule has 1 aliphatic carbocycles. The average Bonchev–Trinajstić information content (AvgIpc) is 2.63. The highest BCUT2D eigenvalue weighted by molar-refractivity contribution is 5.86. The highest BCUT2D eigenvalue weighted by Gasteiger charge is 2.43. The Morgan fingerprint density at radius 1 is 0.920 bits per heavy atom. The highest BCUT2D eigenvalue weighted by Crippen LogP contribution is 2.55. The van der Waals surface area contributed by atoms with Gasteiger partial charge >= 0.3 is 0 Å². The van der Waals surface area contributed by atoms with E-state index in [0.717, 1.165) is 52.2 Å². The monoisotopic (exact) mass is 340 g/mol. The summed E-state index contributed by atoms with van der Waals surface area (Å²) in [7, 11) is 9.84. The molecule has 2 aromatic rings. The van der Waals surface area contributed by atoms with Gasteiger partial charge in [-0.2, -0.15) is 0 Å². The first-order chi connectivity index (χ1) is 12.0. The summed E-state index contributed by atoms with van der Waals surface area (Å²) in [4.78, 5) is 0. The maximum absolute atomic E-state index is 5.84. The van der Waals surface area contributed by atoms with Crippen molar-refractivity contribution in [3.8, 4) is 28.4 Å². The number of likely N-dealkylation sites (N-methyl/N-ethyl adjacent to an activating group) is 1. The number of quaternary nitrogens is 1. The second-order valence-corrected chi connectivity index (χ2v) is 7.53. The van der Waals surface area contributed by atoms with Crippen LogP contribution in [0.1, 0.15) is 22.7 Å². The molecule has 0 fully saturated rings. The van der Waals surface area contributed by atoms with Gasteiger partial charge in [-0.05, 0) is 23.3 Å². The van der Waals surface area contributed by atoms with Crippen LogP contribution >= 0.6 is 0 Å². The number of fused-ring (bicyclic) bond motifs is 2. The van der Waals surface area contributed by atoms with E-state index >= 15 is 0 Å². The van der Waals surface area contributed by atoms with Crippen molar-refractivity contribution in [2.45, 2.75) is 18.9 Å². The van der Waals surface area contributed by atoms with Gasteiger partial charge in [0.25, 0.3) is 0 Å². The summed E-state index contributed by atoms with van der Waals surface area (Å²) in [6, 6.07) is 8.93. The Bertz CT molecular complexity index is 842. The summed E-state index contributed by atoms with van der Waals surface area (Å²) < 4.78 is 18.2. The molecule has 4 rings (SSSR count). The average molecular weight is 340 g/mol. The molecule has 4 heteroatoms. The third-order valence-corrected chi connectivity index (χ3v) is 5.93. The first kappa shape index (κ1) is 16.3. The van der Waals surface area contributed by atoms with E-state index in [-0.39, 0.29) is 0 Å². The van der Waals surface area contributed by atoms with E-state index in [2.05, 4.69) is 32.3 Å². The van der Waals surface area contributed by atoms with Crippen LogP contribution in [-0.2, 0) is 12.8 Å². The van der Waals surface area contributed by atoms with Crippen molar-refractivity contribution in [2.24, 2.45) is 0 Å². The Balaban J connectivity index is 2.13. The van der Waals surface area contributed by atoms with E-state index in [0.29, 0.717) is 6.04 Å². The molecule has 0 spiro atoms. The lowest BCUT2D eigenvalue weighted by Crippen LogP contribution is -2.49. The normalized spacial score (nSPS) is 19.6. The number of methoxy groups -OCH3 is 3. The minimum Gasteiger partial charge on any atom is -0.496 e. The second kappa shape index (κ2) is 5.67. The quantitative estimate of drug-likeness (QED) is 0.799. The predicted octanol–water partition coefficient (Wildman–Crippen LogP) is 3.61. The van der Waals surface area contributed by atoms with Crippen molar-refractivity contribution >= 4 is 0 Å². The lowest BCUT2D eigenvalue weighted by molar-refractivity contribution is -0.923.